The van der Waals surface area contributed by atoms with Crippen molar-refractivity contribution in [3.05, 3.63) is 29.6 Å². The Kier molecular flexibility index (Phi) is 6.14. The minimum Gasteiger partial charge on any atom is -0.469 e. The van der Waals surface area contributed by atoms with E-state index < -0.39 is 11.8 Å². The van der Waals surface area contributed by atoms with Crippen molar-refractivity contribution in [3.63, 3.8) is 0 Å². The molecule has 5 nitrogen and oxygen atoms in total. The van der Waals surface area contributed by atoms with Gasteiger partial charge in [0, 0.05) is 18.8 Å². The first kappa shape index (κ1) is 16.9. The summed E-state index contributed by atoms with van der Waals surface area (Å²) >= 11 is 0. The van der Waals surface area contributed by atoms with Crippen LogP contribution in [0.2, 0.25) is 0 Å². The Labute approximate surface area is 123 Å². The maximum atomic E-state index is 13.3. The van der Waals surface area contributed by atoms with Crippen LogP contribution in [0.25, 0.3) is 0 Å². The summed E-state index contributed by atoms with van der Waals surface area (Å²) in [7, 11) is 1.29. The van der Waals surface area contributed by atoms with Crippen molar-refractivity contribution < 1.29 is 18.7 Å². The zero-order valence-electron chi connectivity index (χ0n) is 12.6. The summed E-state index contributed by atoms with van der Waals surface area (Å²) in [5.41, 5.74) is 6.06. The zero-order valence-corrected chi connectivity index (χ0v) is 12.6. The Morgan fingerprint density at radius 1 is 1.38 bits per heavy atom. The molecule has 0 bridgehead atoms. The lowest BCUT2D eigenvalue weighted by molar-refractivity contribution is -0.140. The number of ether oxygens (including phenoxy) is 1. The number of nitrogen functional groups attached to an aromatic ring is 1. The molecule has 0 aromatic heterocycles. The van der Waals surface area contributed by atoms with Crippen LogP contribution in [0.5, 0.6) is 0 Å². The number of carbonyl (C=O) groups is 2. The normalized spacial score (nSPS) is 10.5. The SMILES string of the molecule is COC(=O)CCN(CC(C)C)C(=O)c1cc(F)ccc1N. The molecule has 1 aromatic rings. The van der Waals surface area contributed by atoms with Crippen molar-refractivity contribution in [2.75, 3.05) is 25.9 Å². The number of carbonyl (C=O) groups excluding carboxylic acids is 2. The van der Waals surface area contributed by atoms with E-state index in [1.165, 1.54) is 24.1 Å². The van der Waals surface area contributed by atoms with Gasteiger partial charge in [-0.05, 0) is 24.1 Å². The van der Waals surface area contributed by atoms with Crippen LogP contribution in [0.3, 0.4) is 0 Å². The number of halogens is 1. The summed E-state index contributed by atoms with van der Waals surface area (Å²) in [6.45, 7) is 4.56. The molecule has 1 amide bonds. The van der Waals surface area contributed by atoms with Gasteiger partial charge < -0.3 is 15.4 Å². The molecule has 0 aliphatic rings. The molecule has 2 N–H and O–H groups in total. The van der Waals surface area contributed by atoms with Gasteiger partial charge in [0.15, 0.2) is 0 Å². The van der Waals surface area contributed by atoms with E-state index in [9.17, 15) is 14.0 Å². The predicted octanol–water partition coefficient (Wildman–Crippen LogP) is 2.07. The summed E-state index contributed by atoms with van der Waals surface area (Å²) in [6, 6.07) is 3.67. The fourth-order valence-electron chi connectivity index (χ4n) is 1.93. The average molecular weight is 296 g/mol. The van der Waals surface area contributed by atoms with Crippen LogP contribution in [0, 0.1) is 11.7 Å². The first-order valence-electron chi connectivity index (χ1n) is 6.76. The molecular weight excluding hydrogens is 275 g/mol. The van der Waals surface area contributed by atoms with E-state index in [1.807, 2.05) is 13.8 Å². The van der Waals surface area contributed by atoms with E-state index in [0.717, 1.165) is 6.07 Å². The second-order valence-electron chi connectivity index (χ2n) is 5.20. The largest absolute Gasteiger partial charge is 0.469 e. The fraction of sp³-hybridized carbons (Fsp3) is 0.467. The van der Waals surface area contributed by atoms with Gasteiger partial charge in [-0.2, -0.15) is 0 Å². The van der Waals surface area contributed by atoms with Gasteiger partial charge in [0.2, 0.25) is 0 Å². The van der Waals surface area contributed by atoms with Crippen LogP contribution in [0.15, 0.2) is 18.2 Å². The fourth-order valence-corrected chi connectivity index (χ4v) is 1.93. The maximum absolute atomic E-state index is 13.3. The molecular formula is C15H21FN2O3. The summed E-state index contributed by atoms with van der Waals surface area (Å²) in [5, 5.41) is 0. The third-order valence-electron chi connectivity index (χ3n) is 2.93. The van der Waals surface area contributed by atoms with Gasteiger partial charge in [0.1, 0.15) is 5.82 Å². The number of esters is 1. The number of benzene rings is 1. The molecule has 0 aliphatic heterocycles. The van der Waals surface area contributed by atoms with Gasteiger partial charge in [-0.25, -0.2) is 4.39 Å². The molecule has 1 rings (SSSR count). The molecule has 0 fully saturated rings. The Hall–Kier alpha value is -2.11. The highest BCUT2D eigenvalue weighted by molar-refractivity contribution is 5.99. The quantitative estimate of drug-likeness (QED) is 0.644. The highest BCUT2D eigenvalue weighted by Crippen LogP contribution is 2.17. The summed E-state index contributed by atoms with van der Waals surface area (Å²) < 4.78 is 17.9. The molecule has 0 saturated carbocycles. The molecule has 116 valence electrons. The molecule has 0 spiro atoms. The predicted molar refractivity (Wildman–Crippen MR) is 78.2 cm³/mol. The number of nitrogens with zero attached hydrogens (tertiary/aromatic N) is 1. The maximum Gasteiger partial charge on any atom is 0.307 e. The number of amides is 1. The topological polar surface area (TPSA) is 72.6 Å². The number of hydrogen-bond donors (Lipinski definition) is 1. The first-order valence-corrected chi connectivity index (χ1v) is 6.76. The lowest BCUT2D eigenvalue weighted by Crippen LogP contribution is -2.36. The third-order valence-corrected chi connectivity index (χ3v) is 2.93. The van der Waals surface area contributed by atoms with Crippen molar-refractivity contribution in [1.82, 2.24) is 4.90 Å². The molecule has 21 heavy (non-hydrogen) atoms. The molecule has 0 atom stereocenters. The number of methoxy groups -OCH3 is 1. The number of rotatable bonds is 6. The molecule has 0 heterocycles. The van der Waals surface area contributed by atoms with E-state index in [-0.39, 0.29) is 36.0 Å². The molecule has 0 aliphatic carbocycles. The minimum absolute atomic E-state index is 0.0875. The average Bonchev–Trinajstić information content (AvgIpc) is 2.44. The Morgan fingerprint density at radius 2 is 2.05 bits per heavy atom. The van der Waals surface area contributed by atoms with E-state index in [2.05, 4.69) is 4.74 Å². The van der Waals surface area contributed by atoms with E-state index in [1.54, 1.807) is 0 Å². The Balaban J connectivity index is 2.93. The van der Waals surface area contributed by atoms with Crippen molar-refractivity contribution in [3.8, 4) is 0 Å². The highest BCUT2D eigenvalue weighted by atomic mass is 19.1. The van der Waals surface area contributed by atoms with Gasteiger partial charge in [-0.15, -0.1) is 0 Å². The van der Waals surface area contributed by atoms with Gasteiger partial charge in [0.25, 0.3) is 5.91 Å². The molecule has 1 aromatic carbocycles. The van der Waals surface area contributed by atoms with Crippen LogP contribution in [0.1, 0.15) is 30.6 Å². The number of anilines is 1. The van der Waals surface area contributed by atoms with E-state index in [0.29, 0.717) is 6.54 Å². The van der Waals surface area contributed by atoms with E-state index >= 15 is 0 Å². The third kappa shape index (κ3) is 5.06. The van der Waals surface area contributed by atoms with Gasteiger partial charge in [0.05, 0.1) is 19.1 Å². The lowest BCUT2D eigenvalue weighted by Gasteiger charge is -2.25. The molecule has 0 unspecified atom stereocenters. The number of hydrogen-bond acceptors (Lipinski definition) is 4. The monoisotopic (exact) mass is 296 g/mol. The zero-order chi connectivity index (χ0) is 16.0. The van der Waals surface area contributed by atoms with Crippen LogP contribution >= 0.6 is 0 Å². The van der Waals surface area contributed by atoms with Crippen molar-refractivity contribution in [1.29, 1.82) is 0 Å². The van der Waals surface area contributed by atoms with Gasteiger partial charge in [-0.3, -0.25) is 9.59 Å². The molecule has 0 saturated heterocycles. The van der Waals surface area contributed by atoms with Gasteiger partial charge >= 0.3 is 5.97 Å². The standard InChI is InChI=1S/C15H21FN2O3/c1-10(2)9-18(7-6-14(19)21-3)15(20)12-8-11(16)4-5-13(12)17/h4-5,8,10H,6-7,9,17H2,1-3H3. The summed E-state index contributed by atoms with van der Waals surface area (Å²) in [6.07, 6.45) is 0.0875. The smallest absolute Gasteiger partial charge is 0.307 e. The first-order chi connectivity index (χ1) is 9.85. The summed E-state index contributed by atoms with van der Waals surface area (Å²) in [5.74, 6) is -1.10. The minimum atomic E-state index is -0.523. The van der Waals surface area contributed by atoms with Crippen LogP contribution in [0.4, 0.5) is 10.1 Å². The van der Waals surface area contributed by atoms with Crippen LogP contribution < -0.4 is 5.73 Å². The van der Waals surface area contributed by atoms with E-state index in [4.69, 9.17) is 5.73 Å². The Bertz CT molecular complexity index is 518. The second kappa shape index (κ2) is 7.61. The lowest BCUT2D eigenvalue weighted by atomic mass is 10.1. The van der Waals surface area contributed by atoms with Crippen molar-refractivity contribution in [2.45, 2.75) is 20.3 Å². The number of nitrogens with two attached hydrogens (primary N) is 1. The van der Waals surface area contributed by atoms with Crippen LogP contribution in [-0.2, 0) is 9.53 Å². The molecule has 0 radical (unpaired) electrons. The Morgan fingerprint density at radius 3 is 2.62 bits per heavy atom. The summed E-state index contributed by atoms with van der Waals surface area (Å²) in [4.78, 5) is 25.2. The van der Waals surface area contributed by atoms with Crippen LogP contribution in [-0.4, -0.2) is 37.0 Å². The molecule has 6 heteroatoms. The highest BCUT2D eigenvalue weighted by Gasteiger charge is 2.20. The van der Waals surface area contributed by atoms with Crippen molar-refractivity contribution in [2.24, 2.45) is 5.92 Å². The van der Waals surface area contributed by atoms with Gasteiger partial charge in [-0.1, -0.05) is 13.8 Å². The van der Waals surface area contributed by atoms with Crippen molar-refractivity contribution >= 4 is 17.6 Å². The second-order valence-corrected chi connectivity index (χ2v) is 5.20.